The van der Waals surface area contributed by atoms with Crippen LogP contribution in [0.4, 0.5) is 0 Å². The van der Waals surface area contributed by atoms with E-state index in [0.29, 0.717) is 6.42 Å². The molecule has 0 bridgehead atoms. The van der Waals surface area contributed by atoms with Crippen molar-refractivity contribution in [1.82, 2.24) is 0 Å². The molecule has 0 aromatic rings. The lowest BCUT2D eigenvalue weighted by atomic mass is 10.3. The topological polar surface area (TPSA) is 54.4 Å². The van der Waals surface area contributed by atoms with Gasteiger partial charge in [-0.1, -0.05) is 19.8 Å². The molecule has 0 aliphatic rings. The molecule has 3 nitrogen and oxygen atoms in total. The largest absolute Gasteiger partial charge is 0.286 e. The van der Waals surface area contributed by atoms with Crippen molar-refractivity contribution in [2.45, 2.75) is 26.2 Å². The molecule has 9 heavy (non-hydrogen) atoms. The van der Waals surface area contributed by atoms with Gasteiger partial charge in [0.05, 0.1) is 5.75 Å². The summed E-state index contributed by atoms with van der Waals surface area (Å²) in [6.45, 7) is 1.98. The van der Waals surface area contributed by atoms with Crippen molar-refractivity contribution in [2.75, 3.05) is 5.75 Å². The van der Waals surface area contributed by atoms with Crippen LogP contribution in [0.25, 0.3) is 1.43 Å². The molecular weight excluding hydrogens is 140 g/mol. The molecule has 0 aliphatic heterocycles. The molecule has 0 rings (SSSR count). The summed E-state index contributed by atoms with van der Waals surface area (Å²) in [5.74, 6) is -0.0374. The molecule has 1 N–H and O–H groups in total. The van der Waals surface area contributed by atoms with E-state index in [1.54, 1.807) is 0 Å². The van der Waals surface area contributed by atoms with Crippen LogP contribution in [0.5, 0.6) is 0 Å². The van der Waals surface area contributed by atoms with Crippen molar-refractivity contribution in [3.63, 3.8) is 0 Å². The number of rotatable bonds is 5. The Labute approximate surface area is 57.3 Å². The van der Waals surface area contributed by atoms with Gasteiger partial charge in [0.15, 0.2) is 0 Å². The van der Waals surface area contributed by atoms with Gasteiger partial charge in [0, 0.05) is 0 Å². The van der Waals surface area contributed by atoms with Crippen LogP contribution in [0.2, 0.25) is 0 Å². The summed E-state index contributed by atoms with van der Waals surface area (Å²) < 4.78 is 30.6. The lowest BCUT2D eigenvalue weighted by Crippen LogP contribution is -2.02. The van der Waals surface area contributed by atoms with E-state index in [0.717, 1.165) is 12.8 Å². The lowest BCUT2D eigenvalue weighted by Gasteiger charge is -1.92. The maximum atomic E-state index is 10.5. The third-order valence-corrected chi connectivity index (χ3v) is 1.79. The summed E-state index contributed by atoms with van der Waals surface area (Å²) in [6, 6.07) is 0. The third-order valence-electron chi connectivity index (χ3n) is 0.998. The molecule has 4 heteroatoms. The number of hydrogen-bond donors (Lipinski definition) is 1. The van der Waals surface area contributed by atoms with E-state index in [2.05, 4.69) is 4.56 Å². The summed E-state index contributed by atoms with van der Waals surface area (Å²) >= 11 is 0. The average Bonchev–Trinajstić information content (AvgIpc) is 1.89. The zero-order chi connectivity index (χ0) is 8.04. The van der Waals surface area contributed by atoms with Crippen LogP contribution in [0, 0.1) is 0 Å². The van der Waals surface area contributed by atoms with Gasteiger partial charge >= 0.3 is 0 Å². The van der Waals surface area contributed by atoms with E-state index >= 15 is 0 Å². The first kappa shape index (κ1) is 7.02. The highest BCUT2D eigenvalue weighted by Crippen LogP contribution is 1.96. The van der Waals surface area contributed by atoms with Gasteiger partial charge in [-0.2, -0.15) is 8.42 Å². The van der Waals surface area contributed by atoms with Crippen molar-refractivity contribution in [1.29, 1.82) is 1.43 Å². The van der Waals surface area contributed by atoms with Gasteiger partial charge in [0.1, 0.15) is 0 Å². The molecule has 0 aliphatic carbocycles. The Morgan fingerprint density at radius 2 is 2.22 bits per heavy atom. The van der Waals surface area contributed by atoms with Gasteiger partial charge in [0.2, 0.25) is 1.43 Å². The van der Waals surface area contributed by atoms with Crippen LogP contribution in [0.15, 0.2) is 0 Å². The maximum absolute atomic E-state index is 10.5. The van der Waals surface area contributed by atoms with Crippen LogP contribution in [-0.4, -0.2) is 18.7 Å². The van der Waals surface area contributed by atoms with Gasteiger partial charge in [-0.15, -0.1) is 0 Å². The molecule has 0 unspecified atom stereocenters. The molecule has 0 amide bonds. The second kappa shape index (κ2) is 3.85. The summed E-state index contributed by atoms with van der Waals surface area (Å²) in [6.07, 6.45) is 2.41. The van der Waals surface area contributed by atoms with Crippen molar-refractivity contribution in [2.24, 2.45) is 0 Å². The first-order valence-electron chi connectivity index (χ1n) is 3.40. The highest BCUT2D eigenvalue weighted by Gasteiger charge is 2.01. The van der Waals surface area contributed by atoms with E-state index in [1.165, 1.54) is 0 Å². The van der Waals surface area contributed by atoms with Crippen LogP contribution < -0.4 is 0 Å². The van der Waals surface area contributed by atoms with Crippen molar-refractivity contribution in [3.05, 3.63) is 0 Å². The average molecular weight is 153 g/mol. The Morgan fingerprint density at radius 3 is 2.67 bits per heavy atom. The fourth-order valence-corrected chi connectivity index (χ4v) is 1.09. The third kappa shape index (κ3) is 7.91. The fraction of sp³-hybridized carbons (Fsp3) is 1.00. The molecule has 0 fully saturated rings. The number of unbranched alkanes of at least 4 members (excludes halogenated alkanes) is 2. The number of hydrogen-bond acceptors (Lipinski definition) is 3. The van der Waals surface area contributed by atoms with Crippen LogP contribution in [0.1, 0.15) is 26.2 Å². The minimum absolute atomic E-state index is 0.0374. The Bertz CT molecular complexity index is 164. The van der Waals surface area contributed by atoms with Crippen molar-refractivity contribution < 1.29 is 13.0 Å². The van der Waals surface area contributed by atoms with Gasteiger partial charge in [-0.25, -0.2) is 0 Å². The minimum atomic E-state index is -3.53. The Morgan fingerprint density at radius 1 is 1.56 bits per heavy atom. The van der Waals surface area contributed by atoms with E-state index in [-0.39, 0.29) is 5.75 Å². The molecular formula is C5H12O3S. The van der Waals surface area contributed by atoms with E-state index in [1.807, 2.05) is 6.92 Å². The quantitative estimate of drug-likeness (QED) is 0.474. The van der Waals surface area contributed by atoms with Crippen LogP contribution in [0.3, 0.4) is 0 Å². The molecule has 56 valence electrons. The molecule has 0 aromatic heterocycles. The second-order valence-electron chi connectivity index (χ2n) is 1.97. The normalized spacial score (nSPS) is 13.2. The van der Waals surface area contributed by atoms with E-state index in [9.17, 15) is 8.42 Å². The lowest BCUT2D eigenvalue weighted by molar-refractivity contribution is 0.480. The maximum Gasteiger partial charge on any atom is 0.264 e. The predicted molar refractivity (Wildman–Crippen MR) is 35.9 cm³/mol. The van der Waals surface area contributed by atoms with Gasteiger partial charge in [0.25, 0.3) is 10.1 Å². The van der Waals surface area contributed by atoms with E-state index < -0.39 is 10.1 Å². The van der Waals surface area contributed by atoms with Crippen LogP contribution >= 0.6 is 0 Å². The highest BCUT2D eigenvalue weighted by molar-refractivity contribution is 7.85. The Balaban J connectivity index is 3.49. The molecule has 0 saturated carbocycles. The highest BCUT2D eigenvalue weighted by atomic mass is 32.2. The Kier molecular flexibility index (Phi) is 3.00. The predicted octanol–water partition coefficient (Wildman–Crippen LogP) is 1.06. The van der Waals surface area contributed by atoms with Crippen molar-refractivity contribution >= 4 is 10.1 Å². The smallest absolute Gasteiger partial charge is 0.264 e. The zero-order valence-corrected chi connectivity index (χ0v) is 6.28. The van der Waals surface area contributed by atoms with Crippen LogP contribution in [-0.2, 0) is 10.1 Å². The summed E-state index contributed by atoms with van der Waals surface area (Å²) in [5.41, 5.74) is 0. The van der Waals surface area contributed by atoms with E-state index in [4.69, 9.17) is 1.43 Å². The second-order valence-corrected chi connectivity index (χ2v) is 3.49. The molecule has 0 atom stereocenters. The SMILES string of the molecule is [2H]OS(=O)(=O)CCCCC. The van der Waals surface area contributed by atoms with Crippen molar-refractivity contribution in [3.8, 4) is 0 Å². The Hall–Kier alpha value is -0.0900. The molecule has 0 radical (unpaired) electrons. The summed E-state index contributed by atoms with van der Waals surface area (Å²) in [5, 5.41) is 0. The molecule has 0 saturated heterocycles. The monoisotopic (exact) mass is 153 g/mol. The first-order chi connectivity index (χ1) is 4.62. The van der Waals surface area contributed by atoms with Gasteiger partial charge in [-0.05, 0) is 6.42 Å². The van der Waals surface area contributed by atoms with Gasteiger partial charge in [-0.3, -0.25) is 4.56 Å². The molecule has 0 heterocycles. The first-order valence-corrected chi connectivity index (χ1v) is 4.57. The molecule has 0 spiro atoms. The van der Waals surface area contributed by atoms with Gasteiger partial charge < -0.3 is 0 Å². The molecule has 0 aromatic carbocycles. The summed E-state index contributed by atoms with van der Waals surface area (Å²) in [4.78, 5) is 0. The summed E-state index contributed by atoms with van der Waals surface area (Å²) in [7, 11) is -3.53. The minimum Gasteiger partial charge on any atom is -0.286 e. The standard InChI is InChI=1S/C5H12O3S/c1-2-3-4-5-9(6,7)8/h2-5H2,1H3,(H,6,7,8)/i/hD. The zero-order valence-electron chi connectivity index (χ0n) is 6.46. The fourth-order valence-electron chi connectivity index (χ4n) is 0.529.